The number of phenols is 1. The monoisotopic (exact) mass is 550 g/mol. The second kappa shape index (κ2) is 10.9. The highest BCUT2D eigenvalue weighted by atomic mass is 35.5. The molecule has 0 radical (unpaired) electrons. The molecule has 38 heavy (non-hydrogen) atoms. The molecular formula is C28H26ClF3O6. The number of halogens is 4. The summed E-state index contributed by atoms with van der Waals surface area (Å²) in [5.41, 5.74) is -0.964. The number of alkyl halides is 3. The van der Waals surface area contributed by atoms with Gasteiger partial charge in [0, 0.05) is 10.6 Å². The molecule has 0 bridgehead atoms. The maximum absolute atomic E-state index is 13.3. The number of phenolic OH excluding ortho intramolecular Hbond substituents is 1. The van der Waals surface area contributed by atoms with Gasteiger partial charge in [-0.2, -0.15) is 13.2 Å². The van der Waals surface area contributed by atoms with Gasteiger partial charge in [0.05, 0.1) is 11.5 Å². The molecule has 0 heterocycles. The zero-order valence-corrected chi connectivity index (χ0v) is 21.8. The van der Waals surface area contributed by atoms with E-state index in [1.54, 1.807) is 70.2 Å². The first-order valence-corrected chi connectivity index (χ1v) is 11.9. The third-order valence-electron chi connectivity index (χ3n) is 5.59. The molecule has 0 aliphatic heterocycles. The molecule has 0 saturated carbocycles. The number of aromatic hydroxyl groups is 1. The topological polar surface area (TPSA) is 93.1 Å². The van der Waals surface area contributed by atoms with Crippen LogP contribution in [0, 0.1) is 0 Å². The zero-order valence-electron chi connectivity index (χ0n) is 21.0. The summed E-state index contributed by atoms with van der Waals surface area (Å²) in [4.78, 5) is 23.9. The maximum Gasteiger partial charge on any atom is 0.419 e. The summed E-state index contributed by atoms with van der Waals surface area (Å²) >= 11 is 6.28. The van der Waals surface area contributed by atoms with Gasteiger partial charge in [-0.05, 0) is 68.7 Å². The molecule has 3 aromatic rings. The van der Waals surface area contributed by atoms with Crippen LogP contribution in [0.3, 0.4) is 0 Å². The van der Waals surface area contributed by atoms with Gasteiger partial charge in [0.1, 0.15) is 29.3 Å². The van der Waals surface area contributed by atoms with Crippen LogP contribution in [0.25, 0.3) is 11.1 Å². The van der Waals surface area contributed by atoms with Gasteiger partial charge in [-0.3, -0.25) is 4.79 Å². The molecule has 0 aromatic heterocycles. The molecule has 1 unspecified atom stereocenters. The predicted octanol–water partition coefficient (Wildman–Crippen LogP) is 7.45. The molecule has 6 nitrogen and oxygen atoms in total. The quantitative estimate of drug-likeness (QED) is 0.297. The first-order chi connectivity index (χ1) is 17.6. The molecule has 0 spiro atoms. The number of esters is 1. The molecule has 3 aromatic carbocycles. The van der Waals surface area contributed by atoms with Crippen LogP contribution in [0.2, 0.25) is 5.02 Å². The summed E-state index contributed by atoms with van der Waals surface area (Å²) in [7, 11) is 0. The molecule has 0 fully saturated rings. The highest BCUT2D eigenvalue weighted by Crippen LogP contribution is 2.40. The van der Waals surface area contributed by atoms with Gasteiger partial charge in [-0.15, -0.1) is 0 Å². The molecule has 10 heteroatoms. The van der Waals surface area contributed by atoms with Crippen molar-refractivity contribution in [3.05, 3.63) is 81.9 Å². The van der Waals surface area contributed by atoms with Crippen molar-refractivity contribution in [3.8, 4) is 22.6 Å². The molecular weight excluding hydrogens is 525 g/mol. The smallest absolute Gasteiger partial charge is 0.419 e. The molecule has 0 aliphatic rings. The standard InChI is InChI=1S/C28H26ClF3O6/c1-15(25(34)35)20-11-7-17(13-22(20)29)16-5-9-19(10-6-16)37-14-18-8-12-21(28(30,31)32)24(33)23(18)26(36)38-27(2,3)4/h5-13,15,33H,14H2,1-4H3,(H,34,35). The molecule has 0 aliphatic carbocycles. The van der Waals surface area contributed by atoms with Gasteiger partial charge in [0.15, 0.2) is 0 Å². The van der Waals surface area contributed by atoms with Gasteiger partial charge in [0.25, 0.3) is 0 Å². The third kappa shape index (κ3) is 6.77. The average Bonchev–Trinajstić information content (AvgIpc) is 2.80. The minimum Gasteiger partial charge on any atom is -0.506 e. The summed E-state index contributed by atoms with van der Waals surface area (Å²) in [6, 6.07) is 13.5. The zero-order chi connectivity index (χ0) is 28.4. The largest absolute Gasteiger partial charge is 0.506 e. The lowest BCUT2D eigenvalue weighted by Crippen LogP contribution is -2.25. The summed E-state index contributed by atoms with van der Waals surface area (Å²) in [5, 5.41) is 19.8. The van der Waals surface area contributed by atoms with E-state index in [-0.39, 0.29) is 12.2 Å². The second-order valence-corrected chi connectivity index (χ2v) is 10.0. The van der Waals surface area contributed by atoms with Crippen LogP contribution in [0.1, 0.15) is 60.7 Å². The van der Waals surface area contributed by atoms with E-state index in [0.29, 0.717) is 22.4 Å². The second-order valence-electron chi connectivity index (χ2n) is 9.60. The highest BCUT2D eigenvalue weighted by Gasteiger charge is 2.37. The minimum absolute atomic E-state index is 0.0174. The number of hydrogen-bond donors (Lipinski definition) is 2. The Balaban J connectivity index is 1.84. The minimum atomic E-state index is -4.87. The van der Waals surface area contributed by atoms with E-state index >= 15 is 0 Å². The Morgan fingerprint density at radius 3 is 2.11 bits per heavy atom. The molecule has 2 N–H and O–H groups in total. The number of benzene rings is 3. The van der Waals surface area contributed by atoms with Crippen LogP contribution in [0.4, 0.5) is 13.2 Å². The van der Waals surface area contributed by atoms with Crippen molar-refractivity contribution in [2.75, 3.05) is 0 Å². The Morgan fingerprint density at radius 1 is 0.974 bits per heavy atom. The number of carboxylic acid groups (broad SMARTS) is 1. The van der Waals surface area contributed by atoms with Crippen molar-refractivity contribution < 1.29 is 42.4 Å². The van der Waals surface area contributed by atoms with Crippen molar-refractivity contribution in [2.24, 2.45) is 0 Å². The fourth-order valence-electron chi connectivity index (χ4n) is 3.63. The fraction of sp³-hybridized carbons (Fsp3) is 0.286. The van der Waals surface area contributed by atoms with Crippen LogP contribution < -0.4 is 4.74 Å². The lowest BCUT2D eigenvalue weighted by atomic mass is 9.97. The summed E-state index contributed by atoms with van der Waals surface area (Å²) < 4.78 is 50.9. The van der Waals surface area contributed by atoms with Crippen molar-refractivity contribution in [3.63, 3.8) is 0 Å². The van der Waals surface area contributed by atoms with Crippen molar-refractivity contribution in [1.82, 2.24) is 0 Å². The van der Waals surface area contributed by atoms with E-state index in [2.05, 4.69) is 0 Å². The van der Waals surface area contributed by atoms with Crippen molar-refractivity contribution >= 4 is 23.5 Å². The van der Waals surface area contributed by atoms with Gasteiger partial charge >= 0.3 is 18.1 Å². The Kier molecular flexibility index (Phi) is 8.31. The van der Waals surface area contributed by atoms with Gasteiger partial charge in [0.2, 0.25) is 0 Å². The Labute approximate surface area is 222 Å². The van der Waals surface area contributed by atoms with Crippen LogP contribution in [-0.4, -0.2) is 27.8 Å². The van der Waals surface area contributed by atoms with Crippen molar-refractivity contribution in [2.45, 2.75) is 52.0 Å². The normalized spacial score (nSPS) is 12.6. The van der Waals surface area contributed by atoms with Crippen LogP contribution >= 0.6 is 11.6 Å². The fourth-order valence-corrected chi connectivity index (χ4v) is 3.98. The Hall–Kier alpha value is -3.72. The van der Waals surface area contributed by atoms with Gasteiger partial charge < -0.3 is 19.7 Å². The number of carboxylic acids is 1. The first-order valence-electron chi connectivity index (χ1n) is 11.5. The Bertz CT molecular complexity index is 1340. The number of ether oxygens (including phenoxy) is 2. The number of carbonyl (C=O) groups is 2. The lowest BCUT2D eigenvalue weighted by molar-refractivity contribution is -0.139. The molecule has 0 saturated heterocycles. The number of rotatable bonds is 7. The highest BCUT2D eigenvalue weighted by molar-refractivity contribution is 6.32. The van der Waals surface area contributed by atoms with Crippen molar-refractivity contribution in [1.29, 1.82) is 0 Å². The lowest BCUT2D eigenvalue weighted by Gasteiger charge is -2.22. The summed E-state index contributed by atoms with van der Waals surface area (Å²) in [6.07, 6.45) is -4.87. The van der Waals surface area contributed by atoms with E-state index < -0.39 is 46.5 Å². The summed E-state index contributed by atoms with van der Waals surface area (Å²) in [6.45, 7) is 5.90. The first kappa shape index (κ1) is 28.8. The molecule has 3 rings (SSSR count). The average molecular weight is 551 g/mol. The van der Waals surface area contributed by atoms with Gasteiger partial charge in [-0.25, -0.2) is 4.79 Å². The maximum atomic E-state index is 13.3. The SMILES string of the molecule is CC(C(=O)O)c1ccc(-c2ccc(OCc3ccc(C(F)(F)F)c(O)c3C(=O)OC(C)(C)C)cc2)cc1Cl. The number of hydrogen-bond acceptors (Lipinski definition) is 5. The van der Waals surface area contributed by atoms with E-state index in [4.69, 9.17) is 21.1 Å². The number of aliphatic carboxylic acids is 1. The van der Waals surface area contributed by atoms with Crippen LogP contribution in [0.5, 0.6) is 11.5 Å². The number of carbonyl (C=O) groups excluding carboxylic acids is 1. The van der Waals surface area contributed by atoms with Gasteiger partial charge in [-0.1, -0.05) is 41.9 Å². The molecule has 0 amide bonds. The van der Waals surface area contributed by atoms with E-state index in [9.17, 15) is 33.0 Å². The van der Waals surface area contributed by atoms with E-state index in [1.165, 1.54) is 0 Å². The van der Waals surface area contributed by atoms with Crippen LogP contribution in [0.15, 0.2) is 54.6 Å². The molecule has 202 valence electrons. The van der Waals surface area contributed by atoms with E-state index in [1.807, 2.05) is 0 Å². The third-order valence-corrected chi connectivity index (χ3v) is 5.92. The Morgan fingerprint density at radius 2 is 1.58 bits per heavy atom. The van der Waals surface area contributed by atoms with E-state index in [0.717, 1.165) is 17.2 Å². The summed E-state index contributed by atoms with van der Waals surface area (Å²) in [5.74, 6) is -3.72. The predicted molar refractivity (Wildman–Crippen MR) is 136 cm³/mol. The molecule has 1 atom stereocenters. The van der Waals surface area contributed by atoms with Crippen LogP contribution in [-0.2, 0) is 22.3 Å².